The Hall–Kier alpha value is -2.12. The van der Waals surface area contributed by atoms with Crippen molar-refractivity contribution < 1.29 is 23.6 Å². The minimum Gasteiger partial charge on any atom is -0.459 e. The number of aromatic nitrogens is 2. The summed E-state index contributed by atoms with van der Waals surface area (Å²) < 4.78 is 15.1. The Labute approximate surface area is 135 Å². The van der Waals surface area contributed by atoms with Crippen molar-refractivity contribution in [2.75, 3.05) is 19.7 Å². The molecule has 8 nitrogen and oxygen atoms in total. The van der Waals surface area contributed by atoms with Gasteiger partial charge in [0.05, 0.1) is 6.61 Å². The van der Waals surface area contributed by atoms with Crippen molar-refractivity contribution in [1.82, 2.24) is 15.0 Å². The molecule has 1 aromatic rings. The first kappa shape index (κ1) is 17.2. The molecule has 8 heteroatoms. The molecule has 0 radical (unpaired) electrons. The molecule has 2 heterocycles. The van der Waals surface area contributed by atoms with E-state index in [0.717, 1.165) is 12.8 Å². The van der Waals surface area contributed by atoms with Crippen LogP contribution in [0, 0.1) is 0 Å². The molecule has 1 amide bonds. The number of piperidine rings is 1. The van der Waals surface area contributed by atoms with E-state index in [1.807, 2.05) is 20.8 Å². The Balaban J connectivity index is 2.01. The largest absolute Gasteiger partial charge is 0.459 e. The fourth-order valence-electron chi connectivity index (χ4n) is 2.36. The van der Waals surface area contributed by atoms with Gasteiger partial charge in [-0.25, -0.2) is 9.59 Å². The number of esters is 1. The van der Waals surface area contributed by atoms with Gasteiger partial charge in [-0.1, -0.05) is 5.16 Å². The SMILES string of the molecule is CCOC(=O)c1nc(C2CCCN(C(=O)OC(C)(C)C)C2)no1. The highest BCUT2D eigenvalue weighted by molar-refractivity contribution is 5.83. The van der Waals surface area contributed by atoms with Crippen LogP contribution in [0.3, 0.4) is 0 Å². The van der Waals surface area contributed by atoms with Crippen LogP contribution in [0.4, 0.5) is 4.79 Å². The molecule has 1 unspecified atom stereocenters. The molecule has 0 aromatic carbocycles. The summed E-state index contributed by atoms with van der Waals surface area (Å²) in [5.74, 6) is -0.452. The van der Waals surface area contributed by atoms with Crippen LogP contribution in [0.1, 0.15) is 63.0 Å². The predicted molar refractivity (Wildman–Crippen MR) is 80.0 cm³/mol. The Bertz CT molecular complexity index is 564. The van der Waals surface area contributed by atoms with Gasteiger partial charge in [0.15, 0.2) is 5.82 Å². The lowest BCUT2D eigenvalue weighted by atomic mass is 9.98. The summed E-state index contributed by atoms with van der Waals surface area (Å²) in [6, 6.07) is 0. The highest BCUT2D eigenvalue weighted by Crippen LogP contribution is 2.26. The Morgan fingerprint density at radius 3 is 2.78 bits per heavy atom. The van der Waals surface area contributed by atoms with Crippen LogP contribution in [0.15, 0.2) is 4.52 Å². The molecule has 1 fully saturated rings. The van der Waals surface area contributed by atoms with E-state index in [1.165, 1.54) is 0 Å². The molecule has 2 rings (SSSR count). The summed E-state index contributed by atoms with van der Waals surface area (Å²) in [7, 11) is 0. The van der Waals surface area contributed by atoms with E-state index in [9.17, 15) is 9.59 Å². The molecule has 0 saturated carbocycles. The number of hydrogen-bond acceptors (Lipinski definition) is 7. The average Bonchev–Trinajstić information content (AvgIpc) is 2.96. The van der Waals surface area contributed by atoms with E-state index in [-0.39, 0.29) is 24.5 Å². The van der Waals surface area contributed by atoms with Crippen LogP contribution in [0.25, 0.3) is 0 Å². The van der Waals surface area contributed by atoms with Gasteiger partial charge in [-0.15, -0.1) is 0 Å². The highest BCUT2D eigenvalue weighted by atomic mass is 16.6. The van der Waals surface area contributed by atoms with Gasteiger partial charge in [-0.2, -0.15) is 4.98 Å². The Kier molecular flexibility index (Phi) is 5.23. The maximum absolute atomic E-state index is 12.2. The van der Waals surface area contributed by atoms with E-state index in [0.29, 0.717) is 18.9 Å². The minimum absolute atomic E-state index is 0.0804. The summed E-state index contributed by atoms with van der Waals surface area (Å²) in [4.78, 5) is 29.5. The van der Waals surface area contributed by atoms with Gasteiger partial charge in [0.2, 0.25) is 0 Å². The molecule has 1 atom stereocenters. The maximum Gasteiger partial charge on any atom is 0.410 e. The molecule has 1 aliphatic heterocycles. The van der Waals surface area contributed by atoms with Crippen molar-refractivity contribution in [3.8, 4) is 0 Å². The first-order chi connectivity index (χ1) is 10.8. The lowest BCUT2D eigenvalue weighted by molar-refractivity contribution is 0.0195. The van der Waals surface area contributed by atoms with Crippen LogP contribution in [0.5, 0.6) is 0 Å². The Morgan fingerprint density at radius 2 is 2.13 bits per heavy atom. The van der Waals surface area contributed by atoms with E-state index in [2.05, 4.69) is 10.1 Å². The van der Waals surface area contributed by atoms with Crippen LogP contribution in [-0.2, 0) is 9.47 Å². The smallest absolute Gasteiger partial charge is 0.410 e. The summed E-state index contributed by atoms with van der Waals surface area (Å²) >= 11 is 0. The molecule has 1 saturated heterocycles. The lowest BCUT2D eigenvalue weighted by Crippen LogP contribution is -2.42. The molecule has 0 aliphatic carbocycles. The van der Waals surface area contributed by atoms with E-state index in [4.69, 9.17) is 14.0 Å². The predicted octanol–water partition coefficient (Wildman–Crippen LogP) is 2.36. The third kappa shape index (κ3) is 4.67. The molecular weight excluding hydrogens is 302 g/mol. The van der Waals surface area contributed by atoms with Crippen molar-refractivity contribution in [2.45, 2.75) is 52.1 Å². The number of carbonyl (C=O) groups excluding carboxylic acids is 2. The minimum atomic E-state index is -0.633. The van der Waals surface area contributed by atoms with Crippen molar-refractivity contribution >= 4 is 12.1 Å². The number of amides is 1. The number of hydrogen-bond donors (Lipinski definition) is 0. The standard InChI is InChI=1S/C15H23N3O5/c1-5-21-13(19)12-16-11(17-23-12)10-7-6-8-18(9-10)14(20)22-15(2,3)4/h10H,5-9H2,1-4H3. The third-order valence-electron chi connectivity index (χ3n) is 3.33. The van der Waals surface area contributed by atoms with Crippen molar-refractivity contribution in [3.63, 3.8) is 0 Å². The molecular formula is C15H23N3O5. The average molecular weight is 325 g/mol. The zero-order valence-electron chi connectivity index (χ0n) is 14.0. The summed E-state index contributed by atoms with van der Waals surface area (Å²) in [6.45, 7) is 8.51. The second-order valence-corrected chi connectivity index (χ2v) is 6.44. The summed E-state index contributed by atoms with van der Waals surface area (Å²) in [5, 5.41) is 3.85. The van der Waals surface area contributed by atoms with Crippen LogP contribution >= 0.6 is 0 Å². The molecule has 0 spiro atoms. The van der Waals surface area contributed by atoms with E-state index in [1.54, 1.807) is 11.8 Å². The summed E-state index contributed by atoms with van der Waals surface area (Å²) in [5.41, 5.74) is -0.534. The topological polar surface area (TPSA) is 94.8 Å². The molecule has 1 aliphatic rings. The number of likely N-dealkylation sites (tertiary alicyclic amines) is 1. The number of carbonyl (C=O) groups is 2. The number of ether oxygens (including phenoxy) is 2. The molecule has 0 bridgehead atoms. The van der Waals surface area contributed by atoms with Gasteiger partial charge in [-0.3, -0.25) is 0 Å². The zero-order valence-corrected chi connectivity index (χ0v) is 14.0. The maximum atomic E-state index is 12.2. The van der Waals surface area contributed by atoms with Crippen molar-refractivity contribution in [3.05, 3.63) is 11.7 Å². The zero-order chi connectivity index (χ0) is 17.0. The van der Waals surface area contributed by atoms with Gasteiger partial charge in [0.25, 0.3) is 0 Å². The van der Waals surface area contributed by atoms with Gasteiger partial charge in [0.1, 0.15) is 5.60 Å². The summed E-state index contributed by atoms with van der Waals surface area (Å²) in [6.07, 6.45) is 1.28. The molecule has 0 N–H and O–H groups in total. The van der Waals surface area contributed by atoms with Crippen LogP contribution < -0.4 is 0 Å². The molecule has 128 valence electrons. The fourth-order valence-corrected chi connectivity index (χ4v) is 2.36. The van der Waals surface area contributed by atoms with E-state index < -0.39 is 11.6 Å². The normalized spacial score (nSPS) is 18.6. The fraction of sp³-hybridized carbons (Fsp3) is 0.733. The number of rotatable bonds is 3. The second-order valence-electron chi connectivity index (χ2n) is 6.44. The Morgan fingerprint density at radius 1 is 1.39 bits per heavy atom. The van der Waals surface area contributed by atoms with Gasteiger partial charge in [-0.05, 0) is 40.5 Å². The van der Waals surface area contributed by atoms with E-state index >= 15 is 0 Å². The monoisotopic (exact) mass is 325 g/mol. The van der Waals surface area contributed by atoms with Gasteiger partial charge >= 0.3 is 18.0 Å². The quantitative estimate of drug-likeness (QED) is 0.787. The van der Waals surface area contributed by atoms with Crippen LogP contribution in [-0.4, -0.2) is 52.4 Å². The molecule has 23 heavy (non-hydrogen) atoms. The van der Waals surface area contributed by atoms with Crippen molar-refractivity contribution in [2.24, 2.45) is 0 Å². The van der Waals surface area contributed by atoms with Crippen molar-refractivity contribution in [1.29, 1.82) is 0 Å². The highest BCUT2D eigenvalue weighted by Gasteiger charge is 2.31. The first-order valence-electron chi connectivity index (χ1n) is 7.79. The van der Waals surface area contributed by atoms with Gasteiger partial charge in [0, 0.05) is 19.0 Å². The first-order valence-corrected chi connectivity index (χ1v) is 7.79. The third-order valence-corrected chi connectivity index (χ3v) is 3.33. The molecule has 1 aromatic heterocycles. The lowest BCUT2D eigenvalue weighted by Gasteiger charge is -2.32. The number of nitrogens with zero attached hydrogens (tertiary/aromatic N) is 3. The second kappa shape index (κ2) is 6.97. The van der Waals surface area contributed by atoms with Crippen LogP contribution in [0.2, 0.25) is 0 Å². The van der Waals surface area contributed by atoms with Gasteiger partial charge < -0.3 is 18.9 Å².